The molecule has 2 heterocycles. The van der Waals surface area contributed by atoms with Crippen molar-refractivity contribution in [3.8, 4) is 0 Å². The van der Waals surface area contributed by atoms with Gasteiger partial charge in [0.2, 0.25) is 0 Å². The second kappa shape index (κ2) is 5.36. The number of sulfonamides is 1. The number of piperidine rings is 1. The lowest BCUT2D eigenvalue weighted by Gasteiger charge is -2.30. The first kappa shape index (κ1) is 13.5. The molecule has 17 heavy (non-hydrogen) atoms. The maximum atomic E-state index is 12.3. The zero-order valence-corrected chi connectivity index (χ0v) is 12.5. The normalized spacial score (nSPS) is 22.8. The molecule has 96 valence electrons. The highest BCUT2D eigenvalue weighted by Crippen LogP contribution is 2.30. The lowest BCUT2D eigenvalue weighted by molar-refractivity contribution is 0.272. The summed E-state index contributed by atoms with van der Waals surface area (Å²) in [6, 6.07) is 3.41. The van der Waals surface area contributed by atoms with Crippen molar-refractivity contribution in [2.75, 3.05) is 19.6 Å². The number of hydrogen-bond donors (Lipinski definition) is 1. The van der Waals surface area contributed by atoms with Crippen LogP contribution in [-0.2, 0) is 10.0 Å². The lowest BCUT2D eigenvalue weighted by atomic mass is 10.0. The predicted molar refractivity (Wildman–Crippen MR) is 72.6 cm³/mol. The van der Waals surface area contributed by atoms with Crippen LogP contribution in [0.25, 0.3) is 0 Å². The van der Waals surface area contributed by atoms with Crippen molar-refractivity contribution in [1.29, 1.82) is 0 Å². The number of nitrogens with two attached hydrogens (primary N) is 1. The molecule has 0 aliphatic carbocycles. The monoisotopic (exact) mass is 338 g/mol. The van der Waals surface area contributed by atoms with E-state index in [-0.39, 0.29) is 0 Å². The minimum Gasteiger partial charge on any atom is -0.330 e. The average molecular weight is 339 g/mol. The topological polar surface area (TPSA) is 63.4 Å². The highest BCUT2D eigenvalue weighted by atomic mass is 79.9. The summed E-state index contributed by atoms with van der Waals surface area (Å²) in [6.45, 7) is 1.71. The molecule has 2 N–H and O–H groups in total. The van der Waals surface area contributed by atoms with E-state index in [0.29, 0.717) is 29.8 Å². The molecule has 1 aliphatic rings. The molecule has 7 heteroatoms. The SMILES string of the molecule is NCC1CCCN(S(=O)(=O)c2ccc(Br)s2)C1. The number of thiophene rings is 1. The molecule has 0 spiro atoms. The van der Waals surface area contributed by atoms with Gasteiger partial charge in [-0.1, -0.05) is 0 Å². The van der Waals surface area contributed by atoms with Gasteiger partial charge < -0.3 is 5.73 Å². The summed E-state index contributed by atoms with van der Waals surface area (Å²) >= 11 is 4.54. The van der Waals surface area contributed by atoms with Gasteiger partial charge in [0.15, 0.2) is 0 Å². The summed E-state index contributed by atoms with van der Waals surface area (Å²) in [7, 11) is -3.32. The molecule has 0 amide bonds. The predicted octanol–water partition coefficient (Wildman–Crippen LogP) is 1.87. The van der Waals surface area contributed by atoms with Gasteiger partial charge in [0.1, 0.15) is 4.21 Å². The molecular weight excluding hydrogens is 324 g/mol. The number of rotatable bonds is 3. The Morgan fingerprint density at radius 3 is 2.88 bits per heavy atom. The van der Waals surface area contributed by atoms with Crippen LogP contribution in [0.2, 0.25) is 0 Å². The van der Waals surface area contributed by atoms with Crippen molar-refractivity contribution >= 4 is 37.3 Å². The van der Waals surface area contributed by atoms with Crippen LogP contribution in [0.3, 0.4) is 0 Å². The Morgan fingerprint density at radius 2 is 2.29 bits per heavy atom. The van der Waals surface area contributed by atoms with Crippen molar-refractivity contribution in [2.45, 2.75) is 17.1 Å². The Morgan fingerprint density at radius 1 is 1.53 bits per heavy atom. The van der Waals surface area contributed by atoms with Crippen LogP contribution in [0.4, 0.5) is 0 Å². The highest BCUT2D eigenvalue weighted by molar-refractivity contribution is 9.11. The molecule has 0 bridgehead atoms. The van der Waals surface area contributed by atoms with Crippen molar-refractivity contribution in [2.24, 2.45) is 11.7 Å². The third kappa shape index (κ3) is 2.90. The quantitative estimate of drug-likeness (QED) is 0.914. The van der Waals surface area contributed by atoms with Crippen molar-refractivity contribution < 1.29 is 8.42 Å². The van der Waals surface area contributed by atoms with Gasteiger partial charge in [-0.05, 0) is 53.4 Å². The second-order valence-corrected chi connectivity index (χ2v) is 8.79. The van der Waals surface area contributed by atoms with Gasteiger partial charge in [-0.3, -0.25) is 0 Å². The van der Waals surface area contributed by atoms with Crippen LogP contribution in [-0.4, -0.2) is 32.4 Å². The average Bonchev–Trinajstić information content (AvgIpc) is 2.76. The van der Waals surface area contributed by atoms with Crippen LogP contribution in [0.5, 0.6) is 0 Å². The van der Waals surface area contributed by atoms with E-state index in [1.165, 1.54) is 11.3 Å². The molecule has 2 rings (SSSR count). The zero-order valence-electron chi connectivity index (χ0n) is 9.30. The molecule has 1 atom stereocenters. The summed E-state index contributed by atoms with van der Waals surface area (Å²) in [6.07, 6.45) is 1.92. The lowest BCUT2D eigenvalue weighted by Crippen LogP contribution is -2.41. The van der Waals surface area contributed by atoms with E-state index in [2.05, 4.69) is 15.9 Å². The van der Waals surface area contributed by atoms with Gasteiger partial charge in [-0.15, -0.1) is 11.3 Å². The Balaban J connectivity index is 2.21. The first-order valence-electron chi connectivity index (χ1n) is 5.49. The zero-order chi connectivity index (χ0) is 12.5. The highest BCUT2D eigenvalue weighted by Gasteiger charge is 2.30. The molecule has 0 radical (unpaired) electrons. The van der Waals surface area contributed by atoms with E-state index >= 15 is 0 Å². The Labute approximate surface area is 114 Å². The van der Waals surface area contributed by atoms with E-state index in [9.17, 15) is 8.42 Å². The molecule has 1 unspecified atom stereocenters. The van der Waals surface area contributed by atoms with Crippen molar-refractivity contribution in [3.05, 3.63) is 15.9 Å². The number of nitrogens with zero attached hydrogens (tertiary/aromatic N) is 1. The summed E-state index contributed by atoms with van der Waals surface area (Å²) in [5, 5.41) is 0. The van der Waals surface area contributed by atoms with E-state index in [4.69, 9.17) is 5.73 Å². The van der Waals surface area contributed by atoms with E-state index < -0.39 is 10.0 Å². The van der Waals surface area contributed by atoms with Gasteiger partial charge in [-0.25, -0.2) is 8.42 Å². The smallest absolute Gasteiger partial charge is 0.252 e. The fourth-order valence-electron chi connectivity index (χ4n) is 2.00. The van der Waals surface area contributed by atoms with Crippen LogP contribution in [0.1, 0.15) is 12.8 Å². The van der Waals surface area contributed by atoms with Crippen molar-refractivity contribution in [3.63, 3.8) is 0 Å². The number of hydrogen-bond acceptors (Lipinski definition) is 4. The maximum Gasteiger partial charge on any atom is 0.252 e. The molecule has 0 saturated carbocycles. The van der Waals surface area contributed by atoms with E-state index in [1.807, 2.05) is 0 Å². The van der Waals surface area contributed by atoms with Gasteiger partial charge >= 0.3 is 0 Å². The minimum absolute atomic E-state index is 0.293. The van der Waals surface area contributed by atoms with Crippen LogP contribution >= 0.6 is 27.3 Å². The molecule has 1 saturated heterocycles. The standard InChI is InChI=1S/C10H15BrN2O2S2/c11-9-3-4-10(16-9)17(14,15)13-5-1-2-8(6-12)7-13/h3-4,8H,1-2,5-7,12H2. The minimum atomic E-state index is -3.32. The van der Waals surface area contributed by atoms with Crippen LogP contribution in [0, 0.1) is 5.92 Å². The van der Waals surface area contributed by atoms with Gasteiger partial charge in [0, 0.05) is 13.1 Å². The van der Waals surface area contributed by atoms with Gasteiger partial charge in [0.25, 0.3) is 10.0 Å². The van der Waals surface area contributed by atoms with E-state index in [1.54, 1.807) is 16.4 Å². The fraction of sp³-hybridized carbons (Fsp3) is 0.600. The summed E-state index contributed by atoms with van der Waals surface area (Å²) in [4.78, 5) is 0. The molecule has 0 aromatic carbocycles. The number of halogens is 1. The fourth-order valence-corrected chi connectivity index (χ4v) is 5.72. The molecule has 1 aromatic heterocycles. The summed E-state index contributed by atoms with van der Waals surface area (Å²) < 4.78 is 27.5. The summed E-state index contributed by atoms with van der Waals surface area (Å²) in [5.41, 5.74) is 5.63. The molecule has 1 aliphatic heterocycles. The van der Waals surface area contributed by atoms with Crippen LogP contribution in [0.15, 0.2) is 20.1 Å². The molecular formula is C10H15BrN2O2S2. The third-order valence-corrected chi connectivity index (χ3v) is 6.91. The Kier molecular flexibility index (Phi) is 4.25. The Bertz CT molecular complexity index is 486. The van der Waals surface area contributed by atoms with Gasteiger partial charge in [0.05, 0.1) is 3.79 Å². The first-order valence-corrected chi connectivity index (χ1v) is 8.54. The van der Waals surface area contributed by atoms with Crippen molar-refractivity contribution in [1.82, 2.24) is 4.31 Å². The van der Waals surface area contributed by atoms with E-state index in [0.717, 1.165) is 16.6 Å². The molecule has 1 fully saturated rings. The molecule has 1 aromatic rings. The molecule has 4 nitrogen and oxygen atoms in total. The largest absolute Gasteiger partial charge is 0.330 e. The Hall–Kier alpha value is 0.0500. The van der Waals surface area contributed by atoms with Gasteiger partial charge in [-0.2, -0.15) is 4.31 Å². The third-order valence-electron chi connectivity index (χ3n) is 2.96. The second-order valence-electron chi connectivity index (χ2n) is 4.17. The summed E-state index contributed by atoms with van der Waals surface area (Å²) in [5.74, 6) is 0.293. The maximum absolute atomic E-state index is 12.3. The van der Waals surface area contributed by atoms with Crippen LogP contribution < -0.4 is 5.73 Å². The first-order chi connectivity index (χ1) is 8.04.